The second kappa shape index (κ2) is 7.02. The van der Waals surface area contributed by atoms with E-state index in [1.807, 2.05) is 35.9 Å². The summed E-state index contributed by atoms with van der Waals surface area (Å²) in [6.07, 6.45) is 3.18. The molecule has 3 aromatic heterocycles. The Morgan fingerprint density at radius 2 is 2.07 bits per heavy atom. The van der Waals surface area contributed by atoms with Gasteiger partial charge in [0.2, 0.25) is 0 Å². The van der Waals surface area contributed by atoms with E-state index in [4.69, 9.17) is 11.6 Å². The number of aromatic nitrogens is 5. The maximum Gasteiger partial charge on any atom is 0.259 e. The molecule has 5 rings (SSSR count). The topological polar surface area (TPSA) is 76.5 Å². The second-order valence-corrected chi connectivity index (χ2v) is 9.17. The molecule has 0 saturated carbocycles. The lowest BCUT2D eigenvalue weighted by Crippen LogP contribution is -2.11. The maximum atomic E-state index is 12.6. The smallest absolute Gasteiger partial charge is 0.259 e. The molecular weight excluding hydrogens is 414 g/mol. The lowest BCUT2D eigenvalue weighted by molar-refractivity contribution is 0.793. The van der Waals surface area contributed by atoms with Gasteiger partial charge in [-0.15, -0.1) is 21.5 Å². The molecule has 0 bridgehead atoms. The number of hydrogen-bond acceptors (Lipinski definition) is 6. The highest BCUT2D eigenvalue weighted by atomic mass is 35.5. The molecule has 0 saturated heterocycles. The van der Waals surface area contributed by atoms with Crippen molar-refractivity contribution in [1.82, 2.24) is 24.7 Å². The molecule has 6 nitrogen and oxygen atoms in total. The normalized spacial score (nSPS) is 13.4. The summed E-state index contributed by atoms with van der Waals surface area (Å²) in [5.41, 5.74) is 2.13. The fourth-order valence-corrected chi connectivity index (χ4v) is 5.73. The summed E-state index contributed by atoms with van der Waals surface area (Å²) in [4.78, 5) is 22.4. The van der Waals surface area contributed by atoms with E-state index in [9.17, 15) is 4.79 Å². The van der Waals surface area contributed by atoms with Crippen LogP contribution in [0.2, 0.25) is 5.02 Å². The predicted molar refractivity (Wildman–Crippen MR) is 113 cm³/mol. The quantitative estimate of drug-likeness (QED) is 0.491. The van der Waals surface area contributed by atoms with Gasteiger partial charge in [-0.05, 0) is 49.1 Å². The van der Waals surface area contributed by atoms with E-state index in [1.165, 1.54) is 22.2 Å². The van der Waals surface area contributed by atoms with Crippen molar-refractivity contribution in [3.8, 4) is 11.4 Å². The minimum absolute atomic E-state index is 0.0279. The molecule has 3 heterocycles. The number of H-pyrrole nitrogens is 1. The van der Waals surface area contributed by atoms with Crippen LogP contribution in [0.3, 0.4) is 0 Å². The van der Waals surface area contributed by atoms with Crippen LogP contribution in [0.4, 0.5) is 0 Å². The van der Waals surface area contributed by atoms with Crippen molar-refractivity contribution in [2.24, 2.45) is 7.05 Å². The van der Waals surface area contributed by atoms with Gasteiger partial charge < -0.3 is 9.55 Å². The molecule has 4 aromatic rings. The van der Waals surface area contributed by atoms with Crippen molar-refractivity contribution in [1.29, 1.82) is 0 Å². The molecule has 0 unspecified atom stereocenters. The molecular formula is C19H16ClN5OS2. The van der Waals surface area contributed by atoms with Crippen molar-refractivity contribution >= 4 is 44.9 Å². The van der Waals surface area contributed by atoms with Gasteiger partial charge >= 0.3 is 0 Å². The second-order valence-electron chi connectivity index (χ2n) is 6.71. The van der Waals surface area contributed by atoms with Gasteiger partial charge in [0.25, 0.3) is 5.56 Å². The molecule has 1 aliphatic rings. The predicted octanol–water partition coefficient (Wildman–Crippen LogP) is 4.21. The standard InChI is InChI=1S/C19H16ClN5OS2/c1-25-16(10-5-7-11(20)8-6-10)23-24-19(25)27-9-14-21-17(26)15-12-3-2-4-13(12)28-18(15)22-14/h5-8H,2-4,9H2,1H3,(H,21,22,26). The van der Waals surface area contributed by atoms with Crippen molar-refractivity contribution in [2.45, 2.75) is 30.2 Å². The van der Waals surface area contributed by atoms with Crippen LogP contribution in [0.1, 0.15) is 22.7 Å². The molecule has 1 aliphatic carbocycles. The lowest BCUT2D eigenvalue weighted by atomic mass is 10.2. The van der Waals surface area contributed by atoms with E-state index in [1.54, 1.807) is 11.3 Å². The van der Waals surface area contributed by atoms with Crippen LogP contribution >= 0.6 is 34.7 Å². The molecule has 1 N–H and O–H groups in total. The number of thioether (sulfide) groups is 1. The number of aromatic amines is 1. The van der Waals surface area contributed by atoms with Crippen LogP contribution in [0.25, 0.3) is 21.6 Å². The van der Waals surface area contributed by atoms with Crippen molar-refractivity contribution in [3.63, 3.8) is 0 Å². The Balaban J connectivity index is 1.39. The zero-order valence-electron chi connectivity index (χ0n) is 15.0. The Bertz CT molecular complexity index is 1240. The number of nitrogens with one attached hydrogen (secondary N) is 1. The molecule has 0 aliphatic heterocycles. The molecule has 0 fully saturated rings. The molecule has 0 atom stereocenters. The first kappa shape index (κ1) is 17.9. The number of nitrogens with zero attached hydrogens (tertiary/aromatic N) is 4. The maximum absolute atomic E-state index is 12.6. The number of benzene rings is 1. The fraction of sp³-hybridized carbons (Fsp3) is 0.263. The highest BCUT2D eigenvalue weighted by molar-refractivity contribution is 7.98. The highest BCUT2D eigenvalue weighted by Gasteiger charge is 2.21. The minimum Gasteiger partial charge on any atom is -0.309 e. The summed E-state index contributed by atoms with van der Waals surface area (Å²) in [6.45, 7) is 0. The van der Waals surface area contributed by atoms with E-state index in [2.05, 4.69) is 20.2 Å². The summed E-state index contributed by atoms with van der Waals surface area (Å²) in [7, 11) is 1.93. The average Bonchev–Trinajstić information content (AvgIpc) is 3.35. The van der Waals surface area contributed by atoms with Crippen LogP contribution < -0.4 is 5.56 Å². The minimum atomic E-state index is -0.0279. The van der Waals surface area contributed by atoms with E-state index >= 15 is 0 Å². The first-order valence-corrected chi connectivity index (χ1v) is 11.1. The molecule has 0 spiro atoms. The van der Waals surface area contributed by atoms with Crippen LogP contribution in [0.5, 0.6) is 0 Å². The van der Waals surface area contributed by atoms with Gasteiger partial charge in [0, 0.05) is 22.5 Å². The first-order valence-electron chi connectivity index (χ1n) is 8.92. The fourth-order valence-electron chi connectivity index (χ4n) is 3.54. The largest absolute Gasteiger partial charge is 0.309 e. The van der Waals surface area contributed by atoms with E-state index < -0.39 is 0 Å². The Labute approximate surface area is 174 Å². The van der Waals surface area contributed by atoms with Crippen LogP contribution in [0.15, 0.2) is 34.2 Å². The van der Waals surface area contributed by atoms with Gasteiger partial charge in [-0.2, -0.15) is 0 Å². The third-order valence-corrected chi connectivity index (χ3v) is 7.37. The lowest BCUT2D eigenvalue weighted by Gasteiger charge is -2.04. The highest BCUT2D eigenvalue weighted by Crippen LogP contribution is 2.34. The van der Waals surface area contributed by atoms with Crippen molar-refractivity contribution < 1.29 is 0 Å². The van der Waals surface area contributed by atoms with Gasteiger partial charge in [-0.3, -0.25) is 4.79 Å². The number of halogens is 1. The zero-order valence-corrected chi connectivity index (χ0v) is 17.4. The summed E-state index contributed by atoms with van der Waals surface area (Å²) < 4.78 is 1.93. The third-order valence-electron chi connectivity index (χ3n) is 4.90. The van der Waals surface area contributed by atoms with Crippen LogP contribution in [-0.4, -0.2) is 24.7 Å². The summed E-state index contributed by atoms with van der Waals surface area (Å²) in [6, 6.07) is 7.51. The van der Waals surface area contributed by atoms with Gasteiger partial charge in [0.15, 0.2) is 11.0 Å². The van der Waals surface area contributed by atoms with Crippen molar-refractivity contribution in [3.05, 3.63) is 55.9 Å². The monoisotopic (exact) mass is 429 g/mol. The van der Waals surface area contributed by atoms with E-state index in [0.717, 1.165) is 46.0 Å². The number of rotatable bonds is 4. The average molecular weight is 430 g/mol. The van der Waals surface area contributed by atoms with E-state index in [0.29, 0.717) is 16.6 Å². The molecule has 142 valence electrons. The molecule has 28 heavy (non-hydrogen) atoms. The summed E-state index contributed by atoms with van der Waals surface area (Å²) in [5.74, 6) is 1.96. The van der Waals surface area contributed by atoms with Gasteiger partial charge in [0.05, 0.1) is 11.1 Å². The van der Waals surface area contributed by atoms with Crippen LogP contribution in [-0.2, 0) is 25.6 Å². The number of aryl methyl sites for hydroxylation is 2. The Morgan fingerprint density at radius 3 is 2.89 bits per heavy atom. The Kier molecular flexibility index (Phi) is 4.49. The first-order chi connectivity index (χ1) is 13.6. The van der Waals surface area contributed by atoms with Gasteiger partial charge in [-0.25, -0.2) is 4.98 Å². The zero-order chi connectivity index (χ0) is 19.3. The van der Waals surface area contributed by atoms with E-state index in [-0.39, 0.29) is 5.56 Å². The number of fused-ring (bicyclic) bond motifs is 3. The Hall–Kier alpha value is -2.16. The molecule has 0 amide bonds. The Morgan fingerprint density at radius 1 is 1.25 bits per heavy atom. The van der Waals surface area contributed by atoms with Crippen molar-refractivity contribution in [2.75, 3.05) is 0 Å². The van der Waals surface area contributed by atoms with Gasteiger partial charge in [0.1, 0.15) is 10.7 Å². The summed E-state index contributed by atoms with van der Waals surface area (Å²) in [5, 5.41) is 10.8. The van der Waals surface area contributed by atoms with Crippen LogP contribution in [0, 0.1) is 0 Å². The third kappa shape index (κ3) is 3.05. The number of thiophene rings is 1. The molecule has 1 aromatic carbocycles. The molecule has 0 radical (unpaired) electrons. The van der Waals surface area contributed by atoms with Gasteiger partial charge in [-0.1, -0.05) is 23.4 Å². The molecule has 9 heteroatoms. The summed E-state index contributed by atoms with van der Waals surface area (Å²) >= 11 is 9.12. The number of hydrogen-bond donors (Lipinski definition) is 1. The SMILES string of the molecule is Cn1c(SCc2nc3sc4c(c3c(=O)[nH]2)CCC4)nnc1-c1ccc(Cl)cc1.